The van der Waals surface area contributed by atoms with E-state index < -0.39 is 5.91 Å². The predicted molar refractivity (Wildman–Crippen MR) is 104 cm³/mol. The summed E-state index contributed by atoms with van der Waals surface area (Å²) in [5.41, 5.74) is 7.86. The van der Waals surface area contributed by atoms with Crippen molar-refractivity contribution in [3.63, 3.8) is 0 Å². The van der Waals surface area contributed by atoms with Crippen molar-refractivity contribution in [3.05, 3.63) is 44.8 Å². The number of ether oxygens (including phenoxy) is 1. The first-order chi connectivity index (χ1) is 12.3. The van der Waals surface area contributed by atoms with Crippen LogP contribution < -0.4 is 15.8 Å². The van der Waals surface area contributed by atoms with Crippen LogP contribution in [0.25, 0.3) is 0 Å². The zero-order valence-electron chi connectivity index (χ0n) is 14.7. The normalized spacial score (nSPS) is 16.0. The molecule has 1 atom stereocenters. The van der Waals surface area contributed by atoms with Gasteiger partial charge in [-0.2, -0.15) is 0 Å². The highest BCUT2D eigenvalue weighted by Crippen LogP contribution is 2.39. The van der Waals surface area contributed by atoms with Gasteiger partial charge in [0.25, 0.3) is 11.8 Å². The van der Waals surface area contributed by atoms with Crippen LogP contribution in [0.15, 0.2) is 18.2 Å². The molecule has 1 aromatic heterocycles. The summed E-state index contributed by atoms with van der Waals surface area (Å²) in [6.07, 6.45) is 2.76. The van der Waals surface area contributed by atoms with Crippen molar-refractivity contribution in [1.29, 1.82) is 0 Å². The van der Waals surface area contributed by atoms with Gasteiger partial charge < -0.3 is 15.8 Å². The van der Waals surface area contributed by atoms with Crippen LogP contribution in [0.4, 0.5) is 5.00 Å². The quantitative estimate of drug-likeness (QED) is 0.808. The van der Waals surface area contributed by atoms with E-state index in [1.165, 1.54) is 11.3 Å². The van der Waals surface area contributed by atoms with Crippen LogP contribution in [0.3, 0.4) is 0 Å². The molecule has 26 heavy (non-hydrogen) atoms. The first kappa shape index (κ1) is 18.7. The van der Waals surface area contributed by atoms with Gasteiger partial charge in [0, 0.05) is 9.90 Å². The van der Waals surface area contributed by atoms with Crippen molar-refractivity contribution in [2.24, 2.45) is 11.7 Å². The Labute approximate surface area is 161 Å². The lowest BCUT2D eigenvalue weighted by atomic mass is 9.88. The maximum absolute atomic E-state index is 12.3. The molecule has 1 unspecified atom stereocenters. The van der Waals surface area contributed by atoms with Crippen LogP contribution >= 0.6 is 22.9 Å². The molecule has 0 saturated carbocycles. The van der Waals surface area contributed by atoms with Crippen LogP contribution in [0.1, 0.15) is 39.7 Å². The third-order valence-electron chi connectivity index (χ3n) is 4.51. The minimum Gasteiger partial charge on any atom is -0.483 e. The van der Waals surface area contributed by atoms with E-state index in [1.54, 1.807) is 18.2 Å². The molecule has 7 heteroatoms. The summed E-state index contributed by atoms with van der Waals surface area (Å²) in [5, 5.41) is 3.93. The number of amides is 2. The van der Waals surface area contributed by atoms with Crippen molar-refractivity contribution in [2.75, 3.05) is 11.9 Å². The Balaban J connectivity index is 1.72. The number of rotatable bonds is 5. The smallest absolute Gasteiger partial charge is 0.262 e. The van der Waals surface area contributed by atoms with Crippen LogP contribution in [0.2, 0.25) is 5.02 Å². The largest absolute Gasteiger partial charge is 0.483 e. The van der Waals surface area contributed by atoms with E-state index >= 15 is 0 Å². The van der Waals surface area contributed by atoms with E-state index in [2.05, 4.69) is 12.2 Å². The van der Waals surface area contributed by atoms with Gasteiger partial charge in [0.15, 0.2) is 6.61 Å². The second-order valence-corrected chi connectivity index (χ2v) is 8.21. The number of nitrogens with one attached hydrogen (secondary N) is 1. The maximum Gasteiger partial charge on any atom is 0.262 e. The van der Waals surface area contributed by atoms with E-state index in [9.17, 15) is 9.59 Å². The third-order valence-corrected chi connectivity index (χ3v) is 5.91. The molecule has 1 aromatic carbocycles. The standard InChI is InChI=1S/C19H21ClN2O3S/c1-10-3-5-13-15(7-10)26-19(17(13)18(21)24)22-16(23)9-25-14-6-4-12(20)8-11(14)2/h4,6,8,10H,3,5,7,9H2,1-2H3,(H2,21,24)(H,22,23). The minimum atomic E-state index is -0.498. The number of hydrogen-bond acceptors (Lipinski definition) is 4. The third kappa shape index (κ3) is 4.02. The molecule has 5 nitrogen and oxygen atoms in total. The van der Waals surface area contributed by atoms with Gasteiger partial charge >= 0.3 is 0 Å². The molecule has 3 N–H and O–H groups in total. The SMILES string of the molecule is Cc1cc(Cl)ccc1OCC(=O)Nc1sc2c(c1C(N)=O)CCC(C)C2. The lowest BCUT2D eigenvalue weighted by Crippen LogP contribution is -2.23. The molecular weight excluding hydrogens is 372 g/mol. The average Bonchev–Trinajstić information content (AvgIpc) is 2.90. The Bertz CT molecular complexity index is 863. The number of thiophene rings is 1. The van der Waals surface area contributed by atoms with Crippen LogP contribution in [-0.2, 0) is 17.6 Å². The number of primary amides is 1. The minimum absolute atomic E-state index is 0.153. The number of benzene rings is 1. The van der Waals surface area contributed by atoms with E-state index in [4.69, 9.17) is 22.1 Å². The van der Waals surface area contributed by atoms with Gasteiger partial charge in [-0.05, 0) is 61.4 Å². The first-order valence-corrected chi connectivity index (χ1v) is 9.67. The van der Waals surface area contributed by atoms with E-state index in [0.29, 0.717) is 27.3 Å². The van der Waals surface area contributed by atoms with Gasteiger partial charge in [0.2, 0.25) is 0 Å². The molecule has 1 heterocycles. The van der Waals surface area contributed by atoms with E-state index in [1.807, 2.05) is 6.92 Å². The molecule has 3 rings (SSSR count). The number of fused-ring (bicyclic) bond motifs is 1. The molecule has 0 aliphatic heterocycles. The van der Waals surface area contributed by atoms with E-state index in [-0.39, 0.29) is 12.5 Å². The molecule has 0 radical (unpaired) electrons. The van der Waals surface area contributed by atoms with Gasteiger partial charge in [-0.1, -0.05) is 18.5 Å². The fourth-order valence-corrected chi connectivity index (χ4v) is 4.84. The number of halogens is 1. The van der Waals surface area contributed by atoms with Gasteiger partial charge in [-0.3, -0.25) is 9.59 Å². The van der Waals surface area contributed by atoms with E-state index in [0.717, 1.165) is 35.3 Å². The van der Waals surface area contributed by atoms with Crippen molar-refractivity contribution >= 4 is 39.8 Å². The topological polar surface area (TPSA) is 81.4 Å². The summed E-state index contributed by atoms with van der Waals surface area (Å²) in [4.78, 5) is 25.4. The highest BCUT2D eigenvalue weighted by atomic mass is 35.5. The molecule has 0 saturated heterocycles. The Hall–Kier alpha value is -2.05. The van der Waals surface area contributed by atoms with Crippen molar-refractivity contribution in [3.8, 4) is 5.75 Å². The molecular formula is C19H21ClN2O3S. The molecule has 1 aliphatic rings. The predicted octanol–water partition coefficient (Wildman–Crippen LogP) is 3.95. The fourth-order valence-electron chi connectivity index (χ4n) is 3.18. The number of nitrogens with two attached hydrogens (primary N) is 1. The maximum atomic E-state index is 12.3. The van der Waals surface area contributed by atoms with Crippen LogP contribution in [0.5, 0.6) is 5.75 Å². The lowest BCUT2D eigenvalue weighted by molar-refractivity contribution is -0.118. The van der Waals surface area contributed by atoms with Crippen molar-refractivity contribution < 1.29 is 14.3 Å². The Morgan fingerprint density at radius 2 is 2.19 bits per heavy atom. The number of anilines is 1. The molecule has 138 valence electrons. The fraction of sp³-hybridized carbons (Fsp3) is 0.368. The number of carbonyl (C=O) groups excluding carboxylic acids is 2. The summed E-state index contributed by atoms with van der Waals surface area (Å²) in [5.74, 6) is 0.343. The Morgan fingerprint density at radius 3 is 2.88 bits per heavy atom. The van der Waals surface area contributed by atoms with Crippen LogP contribution in [0, 0.1) is 12.8 Å². The zero-order valence-corrected chi connectivity index (χ0v) is 16.3. The van der Waals surface area contributed by atoms with Gasteiger partial charge in [0.1, 0.15) is 10.8 Å². The second-order valence-electron chi connectivity index (χ2n) is 6.67. The summed E-state index contributed by atoms with van der Waals surface area (Å²) < 4.78 is 5.56. The first-order valence-electron chi connectivity index (χ1n) is 8.48. The monoisotopic (exact) mass is 392 g/mol. The van der Waals surface area contributed by atoms with Crippen molar-refractivity contribution in [2.45, 2.75) is 33.1 Å². The number of aryl methyl sites for hydroxylation is 1. The summed E-state index contributed by atoms with van der Waals surface area (Å²) in [7, 11) is 0. The molecule has 0 spiro atoms. The molecule has 2 amide bonds. The summed E-state index contributed by atoms with van der Waals surface area (Å²) in [6.45, 7) is 3.89. The number of hydrogen-bond donors (Lipinski definition) is 2. The Morgan fingerprint density at radius 1 is 1.42 bits per heavy atom. The molecule has 0 fully saturated rings. The lowest BCUT2D eigenvalue weighted by Gasteiger charge is -2.18. The molecule has 2 aromatic rings. The van der Waals surface area contributed by atoms with Gasteiger partial charge in [0.05, 0.1) is 5.56 Å². The Kier molecular flexibility index (Phi) is 5.53. The van der Waals surface area contributed by atoms with Gasteiger partial charge in [-0.15, -0.1) is 11.3 Å². The highest BCUT2D eigenvalue weighted by Gasteiger charge is 2.27. The second kappa shape index (κ2) is 7.68. The summed E-state index contributed by atoms with van der Waals surface area (Å²) in [6, 6.07) is 5.21. The van der Waals surface area contributed by atoms with Gasteiger partial charge in [-0.25, -0.2) is 0 Å². The van der Waals surface area contributed by atoms with Crippen LogP contribution in [-0.4, -0.2) is 18.4 Å². The van der Waals surface area contributed by atoms with Crippen molar-refractivity contribution in [1.82, 2.24) is 0 Å². The molecule has 1 aliphatic carbocycles. The summed E-state index contributed by atoms with van der Waals surface area (Å²) >= 11 is 7.36. The zero-order chi connectivity index (χ0) is 18.8. The average molecular weight is 393 g/mol. The highest BCUT2D eigenvalue weighted by molar-refractivity contribution is 7.17. The number of carbonyl (C=O) groups is 2. The molecule has 0 bridgehead atoms.